The van der Waals surface area contributed by atoms with Crippen LogP contribution in [0.25, 0.3) is 10.8 Å². The Hall–Kier alpha value is -3.21. The summed E-state index contributed by atoms with van der Waals surface area (Å²) in [7, 11) is 0. The average molecular weight is 378 g/mol. The van der Waals surface area contributed by atoms with Crippen LogP contribution < -0.4 is 5.32 Å². The van der Waals surface area contributed by atoms with Gasteiger partial charge in [0.25, 0.3) is 0 Å². The molecule has 5 nitrogen and oxygen atoms in total. The van der Waals surface area contributed by atoms with Crippen LogP contribution >= 0.6 is 0 Å². The molecule has 0 aliphatic rings. The van der Waals surface area contributed by atoms with E-state index in [0.717, 1.165) is 27.6 Å². The molecule has 0 unspecified atom stereocenters. The Bertz CT molecular complexity index is 951. The van der Waals surface area contributed by atoms with Gasteiger partial charge in [0.1, 0.15) is 6.61 Å². The van der Waals surface area contributed by atoms with E-state index in [0.29, 0.717) is 6.42 Å². The third kappa shape index (κ3) is 5.16. The highest BCUT2D eigenvalue weighted by Crippen LogP contribution is 2.24. The molecule has 1 aromatic heterocycles. The van der Waals surface area contributed by atoms with Gasteiger partial charge in [-0.3, -0.25) is 14.6 Å². The smallest absolute Gasteiger partial charge is 0.302 e. The van der Waals surface area contributed by atoms with Crippen molar-refractivity contribution in [3.05, 3.63) is 72.1 Å². The predicted octanol–water partition coefficient (Wildman–Crippen LogP) is 5.07. The molecular weight excluding hydrogens is 352 g/mol. The van der Waals surface area contributed by atoms with Crippen molar-refractivity contribution in [2.75, 3.05) is 5.32 Å². The highest BCUT2D eigenvalue weighted by Gasteiger charge is 2.19. The lowest BCUT2D eigenvalue weighted by Crippen LogP contribution is -2.20. The van der Waals surface area contributed by atoms with Crippen molar-refractivity contribution in [1.82, 2.24) is 4.98 Å². The molecule has 1 atom stereocenters. The van der Waals surface area contributed by atoms with Crippen LogP contribution in [0.15, 0.2) is 60.9 Å². The molecule has 1 amide bonds. The topological polar surface area (TPSA) is 68.3 Å². The summed E-state index contributed by atoms with van der Waals surface area (Å²) in [6.07, 6.45) is 4.22. The average Bonchev–Trinajstić information content (AvgIpc) is 2.68. The van der Waals surface area contributed by atoms with Crippen LogP contribution in [0.5, 0.6) is 0 Å². The number of benzene rings is 2. The summed E-state index contributed by atoms with van der Waals surface area (Å²) in [4.78, 5) is 27.8. The highest BCUT2D eigenvalue weighted by molar-refractivity contribution is 5.97. The van der Waals surface area contributed by atoms with Crippen molar-refractivity contribution in [2.24, 2.45) is 0 Å². The molecule has 28 heavy (non-hydrogen) atoms. The zero-order valence-electron chi connectivity index (χ0n) is 15.4. The monoisotopic (exact) mass is 378 g/mol. The molecular formula is C23H26N2O3. The van der Waals surface area contributed by atoms with Gasteiger partial charge in [-0.2, -0.15) is 0 Å². The number of pyridine rings is 1. The minimum absolute atomic E-state index is 0. The van der Waals surface area contributed by atoms with Crippen LogP contribution in [0, 0.1) is 0 Å². The van der Waals surface area contributed by atoms with E-state index in [-0.39, 0.29) is 31.8 Å². The van der Waals surface area contributed by atoms with Crippen molar-refractivity contribution in [3.63, 3.8) is 0 Å². The van der Waals surface area contributed by atoms with Gasteiger partial charge < -0.3 is 10.1 Å². The van der Waals surface area contributed by atoms with E-state index in [1.54, 1.807) is 12.4 Å². The first kappa shape index (κ1) is 21.1. The SMILES string of the molecule is C.CC[C@@H](C(=O)Nc1ccc2cnccc2c1)c1ccc(COC(C)=O)cc1. The van der Waals surface area contributed by atoms with Gasteiger partial charge in [-0.1, -0.05) is 44.7 Å². The number of amides is 1. The lowest BCUT2D eigenvalue weighted by atomic mass is 9.94. The number of ether oxygens (including phenoxy) is 1. The van der Waals surface area contributed by atoms with Crippen LogP contribution in [0.3, 0.4) is 0 Å². The molecule has 5 heteroatoms. The van der Waals surface area contributed by atoms with E-state index in [9.17, 15) is 9.59 Å². The molecule has 0 spiro atoms. The molecule has 146 valence electrons. The maximum Gasteiger partial charge on any atom is 0.302 e. The molecule has 0 radical (unpaired) electrons. The standard InChI is InChI=1S/C22H22N2O3.CH4/c1-3-21(17-6-4-16(5-7-17)14-27-15(2)25)22(26)24-20-9-8-19-13-23-11-10-18(19)12-20;/h4-13,21H,3,14H2,1-2H3,(H,24,26);1H4/t21-;/m1./s1. The van der Waals surface area contributed by atoms with Crippen LogP contribution in [0.2, 0.25) is 0 Å². The minimum atomic E-state index is -0.309. The van der Waals surface area contributed by atoms with E-state index >= 15 is 0 Å². The number of hydrogen-bond donors (Lipinski definition) is 1. The van der Waals surface area contributed by atoms with Gasteiger partial charge in [-0.25, -0.2) is 0 Å². The second-order valence-corrected chi connectivity index (χ2v) is 6.41. The van der Waals surface area contributed by atoms with Gasteiger partial charge in [-0.15, -0.1) is 0 Å². The zero-order chi connectivity index (χ0) is 19.2. The van der Waals surface area contributed by atoms with Crippen molar-refractivity contribution in [1.29, 1.82) is 0 Å². The summed E-state index contributed by atoms with van der Waals surface area (Å²) >= 11 is 0. The molecule has 0 saturated carbocycles. The summed E-state index contributed by atoms with van der Waals surface area (Å²) < 4.78 is 4.99. The molecule has 0 saturated heterocycles. The third-order valence-electron chi connectivity index (χ3n) is 4.46. The molecule has 3 aromatic rings. The molecule has 1 N–H and O–H groups in total. The summed E-state index contributed by atoms with van der Waals surface area (Å²) in [6, 6.07) is 15.3. The van der Waals surface area contributed by atoms with E-state index in [1.807, 2.05) is 55.5 Å². The Morgan fingerprint density at radius 1 is 1.07 bits per heavy atom. The van der Waals surface area contributed by atoms with Crippen molar-refractivity contribution in [3.8, 4) is 0 Å². The third-order valence-corrected chi connectivity index (χ3v) is 4.46. The van der Waals surface area contributed by atoms with Crippen LogP contribution in [0.4, 0.5) is 5.69 Å². The molecule has 1 heterocycles. The van der Waals surface area contributed by atoms with Crippen LogP contribution in [0.1, 0.15) is 44.7 Å². The molecule has 0 bridgehead atoms. The molecule has 3 rings (SSSR count). The Morgan fingerprint density at radius 3 is 2.50 bits per heavy atom. The fourth-order valence-corrected chi connectivity index (χ4v) is 2.99. The van der Waals surface area contributed by atoms with Gasteiger partial charge in [0.15, 0.2) is 0 Å². The number of carbonyl (C=O) groups excluding carboxylic acids is 2. The summed E-state index contributed by atoms with van der Waals surface area (Å²) in [5, 5.41) is 5.08. The fraction of sp³-hybridized carbons (Fsp3) is 0.261. The number of aromatic nitrogens is 1. The van der Waals surface area contributed by atoms with Crippen LogP contribution in [-0.2, 0) is 20.9 Å². The lowest BCUT2D eigenvalue weighted by Gasteiger charge is -2.16. The van der Waals surface area contributed by atoms with Gasteiger partial charge in [-0.05, 0) is 41.1 Å². The summed E-state index contributed by atoms with van der Waals surface area (Å²) in [5.74, 6) is -0.601. The Kier molecular flexibility index (Phi) is 7.27. The predicted molar refractivity (Wildman–Crippen MR) is 112 cm³/mol. The van der Waals surface area contributed by atoms with Gasteiger partial charge >= 0.3 is 5.97 Å². The molecule has 2 aromatic carbocycles. The zero-order valence-corrected chi connectivity index (χ0v) is 15.4. The lowest BCUT2D eigenvalue weighted by molar-refractivity contribution is -0.142. The maximum absolute atomic E-state index is 12.8. The molecule has 0 aliphatic carbocycles. The highest BCUT2D eigenvalue weighted by atomic mass is 16.5. The number of nitrogens with zero attached hydrogens (tertiary/aromatic N) is 1. The molecule has 0 aliphatic heterocycles. The summed E-state index contributed by atoms with van der Waals surface area (Å²) in [5.41, 5.74) is 2.60. The quantitative estimate of drug-likeness (QED) is 0.608. The largest absolute Gasteiger partial charge is 0.461 e. The van der Waals surface area contributed by atoms with E-state index < -0.39 is 0 Å². The number of rotatable bonds is 6. The number of fused-ring (bicyclic) bond motifs is 1. The van der Waals surface area contributed by atoms with E-state index in [2.05, 4.69) is 10.3 Å². The number of nitrogens with one attached hydrogen (secondary N) is 1. The number of esters is 1. The summed E-state index contributed by atoms with van der Waals surface area (Å²) in [6.45, 7) is 3.61. The van der Waals surface area contributed by atoms with E-state index in [1.165, 1.54) is 6.92 Å². The second-order valence-electron chi connectivity index (χ2n) is 6.41. The van der Waals surface area contributed by atoms with Crippen molar-refractivity contribution >= 4 is 28.3 Å². The first-order valence-electron chi connectivity index (χ1n) is 8.93. The normalized spacial score (nSPS) is 11.4. The van der Waals surface area contributed by atoms with Gasteiger partial charge in [0, 0.05) is 30.4 Å². The van der Waals surface area contributed by atoms with E-state index in [4.69, 9.17) is 4.74 Å². The first-order chi connectivity index (χ1) is 13.1. The first-order valence-corrected chi connectivity index (χ1v) is 8.93. The van der Waals surface area contributed by atoms with Crippen LogP contribution in [-0.4, -0.2) is 16.9 Å². The van der Waals surface area contributed by atoms with Gasteiger partial charge in [0.05, 0.1) is 5.92 Å². The van der Waals surface area contributed by atoms with Gasteiger partial charge in [0.2, 0.25) is 5.91 Å². The van der Waals surface area contributed by atoms with Crippen molar-refractivity contribution in [2.45, 2.75) is 40.2 Å². The number of carbonyl (C=O) groups is 2. The molecule has 0 fully saturated rings. The Balaban J connectivity index is 0.00000280. The number of hydrogen-bond acceptors (Lipinski definition) is 4. The Morgan fingerprint density at radius 2 is 1.82 bits per heavy atom. The number of anilines is 1. The maximum atomic E-state index is 12.8. The Labute approximate surface area is 165 Å². The fourth-order valence-electron chi connectivity index (χ4n) is 2.99. The van der Waals surface area contributed by atoms with Crippen molar-refractivity contribution < 1.29 is 14.3 Å². The second kappa shape index (κ2) is 9.65. The minimum Gasteiger partial charge on any atom is -0.461 e.